The summed E-state index contributed by atoms with van der Waals surface area (Å²) in [6, 6.07) is 2.92. The summed E-state index contributed by atoms with van der Waals surface area (Å²) < 4.78 is 11.3. The molecular weight excluding hydrogens is 220 g/mol. The molecule has 2 unspecified atom stereocenters. The Morgan fingerprint density at radius 1 is 1.12 bits per heavy atom. The van der Waals surface area contributed by atoms with Gasteiger partial charge in [-0.15, -0.1) is 0 Å². The maximum absolute atomic E-state index is 11.3. The third kappa shape index (κ3) is 2.83. The van der Waals surface area contributed by atoms with Gasteiger partial charge in [-0.3, -0.25) is 9.11 Å². The van der Waals surface area contributed by atoms with Crippen LogP contribution in [-0.4, -0.2) is 39.7 Å². The SMILES string of the molecule is N#CC1CCCCCC1N1CCS(=O)CC1. The molecule has 1 heterocycles. The van der Waals surface area contributed by atoms with E-state index in [1.165, 1.54) is 19.3 Å². The van der Waals surface area contributed by atoms with E-state index in [2.05, 4.69) is 11.0 Å². The molecule has 0 spiro atoms. The normalized spacial score (nSPS) is 34.2. The summed E-state index contributed by atoms with van der Waals surface area (Å²) in [4.78, 5) is 2.42. The average molecular weight is 240 g/mol. The molecule has 1 saturated heterocycles. The van der Waals surface area contributed by atoms with Crippen LogP contribution in [0.25, 0.3) is 0 Å². The molecule has 1 aliphatic heterocycles. The highest BCUT2D eigenvalue weighted by molar-refractivity contribution is 7.85. The Bertz CT molecular complexity index is 290. The third-order valence-electron chi connectivity index (χ3n) is 3.83. The first kappa shape index (κ1) is 12.1. The van der Waals surface area contributed by atoms with Crippen LogP contribution in [0.1, 0.15) is 32.1 Å². The van der Waals surface area contributed by atoms with Crippen molar-refractivity contribution in [3.63, 3.8) is 0 Å². The molecule has 0 radical (unpaired) electrons. The van der Waals surface area contributed by atoms with Crippen molar-refractivity contribution in [2.24, 2.45) is 5.92 Å². The van der Waals surface area contributed by atoms with Gasteiger partial charge in [-0.05, 0) is 12.8 Å². The lowest BCUT2D eigenvalue weighted by Gasteiger charge is -2.35. The largest absolute Gasteiger partial charge is 0.297 e. The van der Waals surface area contributed by atoms with Gasteiger partial charge < -0.3 is 0 Å². The topological polar surface area (TPSA) is 44.1 Å². The molecule has 0 bridgehead atoms. The van der Waals surface area contributed by atoms with Crippen molar-refractivity contribution >= 4 is 10.8 Å². The van der Waals surface area contributed by atoms with E-state index in [0.29, 0.717) is 6.04 Å². The third-order valence-corrected chi connectivity index (χ3v) is 5.10. The molecule has 2 fully saturated rings. The molecule has 0 amide bonds. The first-order valence-electron chi connectivity index (χ1n) is 6.30. The number of hydrogen-bond donors (Lipinski definition) is 0. The fraction of sp³-hybridized carbons (Fsp3) is 0.917. The first-order chi connectivity index (χ1) is 7.81. The number of nitrogens with zero attached hydrogens (tertiary/aromatic N) is 2. The van der Waals surface area contributed by atoms with Crippen molar-refractivity contribution in [3.8, 4) is 6.07 Å². The predicted molar refractivity (Wildman–Crippen MR) is 65.4 cm³/mol. The van der Waals surface area contributed by atoms with Gasteiger partial charge >= 0.3 is 0 Å². The van der Waals surface area contributed by atoms with Crippen LogP contribution in [-0.2, 0) is 10.8 Å². The van der Waals surface area contributed by atoms with Crippen LogP contribution < -0.4 is 0 Å². The van der Waals surface area contributed by atoms with Gasteiger partial charge in [0.25, 0.3) is 0 Å². The minimum Gasteiger partial charge on any atom is -0.297 e. The van der Waals surface area contributed by atoms with Crippen LogP contribution >= 0.6 is 0 Å². The lowest BCUT2D eigenvalue weighted by molar-refractivity contribution is 0.168. The molecule has 2 rings (SSSR count). The average Bonchev–Trinajstić information content (AvgIpc) is 2.55. The predicted octanol–water partition coefficient (Wildman–Crippen LogP) is 1.52. The van der Waals surface area contributed by atoms with E-state index in [4.69, 9.17) is 0 Å². The molecule has 3 nitrogen and oxygen atoms in total. The second-order valence-electron chi connectivity index (χ2n) is 4.82. The van der Waals surface area contributed by atoms with Gasteiger partial charge in [0.15, 0.2) is 0 Å². The zero-order valence-corrected chi connectivity index (χ0v) is 10.5. The molecule has 0 aromatic rings. The van der Waals surface area contributed by atoms with E-state index in [1.807, 2.05) is 0 Å². The summed E-state index contributed by atoms with van der Waals surface area (Å²) in [5.41, 5.74) is 0. The lowest BCUT2D eigenvalue weighted by atomic mass is 9.95. The van der Waals surface area contributed by atoms with Crippen LogP contribution in [0, 0.1) is 17.2 Å². The second kappa shape index (κ2) is 5.79. The zero-order chi connectivity index (χ0) is 11.4. The lowest BCUT2D eigenvalue weighted by Crippen LogP contribution is -2.47. The summed E-state index contributed by atoms with van der Waals surface area (Å²) in [5.74, 6) is 1.80. The van der Waals surface area contributed by atoms with E-state index >= 15 is 0 Å². The Hall–Kier alpha value is -0.400. The van der Waals surface area contributed by atoms with Crippen molar-refractivity contribution in [3.05, 3.63) is 0 Å². The quantitative estimate of drug-likeness (QED) is 0.653. The number of hydrogen-bond acceptors (Lipinski definition) is 3. The Labute approximate surface area is 100 Å². The molecule has 90 valence electrons. The Kier molecular flexibility index (Phi) is 4.37. The minimum absolute atomic E-state index is 0.203. The molecule has 1 aliphatic carbocycles. The fourth-order valence-electron chi connectivity index (χ4n) is 2.86. The first-order valence-corrected chi connectivity index (χ1v) is 7.78. The van der Waals surface area contributed by atoms with Crippen LogP contribution in [0.3, 0.4) is 0 Å². The molecule has 0 aromatic carbocycles. The monoisotopic (exact) mass is 240 g/mol. The Morgan fingerprint density at radius 2 is 1.81 bits per heavy atom. The second-order valence-corrected chi connectivity index (χ2v) is 6.52. The number of rotatable bonds is 1. The maximum Gasteiger partial charge on any atom is 0.0672 e. The van der Waals surface area contributed by atoms with Gasteiger partial charge in [0.1, 0.15) is 0 Å². The maximum atomic E-state index is 11.3. The summed E-state index contributed by atoms with van der Waals surface area (Å²) >= 11 is 0. The fourth-order valence-corrected chi connectivity index (χ4v) is 3.94. The smallest absolute Gasteiger partial charge is 0.0672 e. The van der Waals surface area contributed by atoms with E-state index in [-0.39, 0.29) is 5.92 Å². The summed E-state index contributed by atoms with van der Waals surface area (Å²) in [6.07, 6.45) is 5.94. The van der Waals surface area contributed by atoms with Gasteiger partial charge in [0.2, 0.25) is 0 Å². The highest BCUT2D eigenvalue weighted by Crippen LogP contribution is 2.27. The minimum atomic E-state index is -0.607. The van der Waals surface area contributed by atoms with Crippen LogP contribution in [0.2, 0.25) is 0 Å². The van der Waals surface area contributed by atoms with Crippen LogP contribution in [0.15, 0.2) is 0 Å². The van der Waals surface area contributed by atoms with Gasteiger partial charge in [-0.25, -0.2) is 0 Å². The van der Waals surface area contributed by atoms with Crippen molar-refractivity contribution in [2.45, 2.75) is 38.1 Å². The summed E-state index contributed by atoms with van der Waals surface area (Å²) in [5, 5.41) is 9.23. The van der Waals surface area contributed by atoms with E-state index in [1.54, 1.807) is 0 Å². The standard InChI is InChI=1S/C12H20N2OS/c13-10-11-4-2-1-3-5-12(11)14-6-8-16(15)9-7-14/h11-12H,1-9H2. The highest BCUT2D eigenvalue weighted by atomic mass is 32.2. The summed E-state index contributed by atoms with van der Waals surface area (Å²) in [7, 11) is -0.607. The highest BCUT2D eigenvalue weighted by Gasteiger charge is 2.30. The van der Waals surface area contributed by atoms with Gasteiger partial charge in [-0.1, -0.05) is 19.3 Å². The molecule has 4 heteroatoms. The Morgan fingerprint density at radius 3 is 2.50 bits per heavy atom. The van der Waals surface area contributed by atoms with Crippen molar-refractivity contribution in [2.75, 3.05) is 24.6 Å². The summed E-state index contributed by atoms with van der Waals surface area (Å²) in [6.45, 7) is 1.85. The van der Waals surface area contributed by atoms with Crippen molar-refractivity contribution < 1.29 is 4.21 Å². The van der Waals surface area contributed by atoms with Crippen molar-refractivity contribution in [1.82, 2.24) is 4.90 Å². The molecule has 1 saturated carbocycles. The zero-order valence-electron chi connectivity index (χ0n) is 9.73. The molecule has 2 aliphatic rings. The van der Waals surface area contributed by atoms with E-state index < -0.39 is 10.8 Å². The van der Waals surface area contributed by atoms with Gasteiger partial charge in [0, 0.05) is 41.4 Å². The van der Waals surface area contributed by atoms with E-state index in [9.17, 15) is 9.47 Å². The van der Waals surface area contributed by atoms with Crippen molar-refractivity contribution in [1.29, 1.82) is 5.26 Å². The van der Waals surface area contributed by atoms with Crippen LogP contribution in [0.4, 0.5) is 0 Å². The Balaban J connectivity index is 1.99. The number of nitriles is 1. The molecule has 0 aromatic heterocycles. The molecule has 2 atom stereocenters. The van der Waals surface area contributed by atoms with E-state index in [0.717, 1.165) is 37.4 Å². The van der Waals surface area contributed by atoms with Gasteiger partial charge in [0.05, 0.1) is 12.0 Å². The molecular formula is C12H20N2OS. The van der Waals surface area contributed by atoms with Gasteiger partial charge in [-0.2, -0.15) is 5.26 Å². The molecule has 16 heavy (non-hydrogen) atoms. The van der Waals surface area contributed by atoms with Crippen LogP contribution in [0.5, 0.6) is 0 Å². The molecule has 0 N–H and O–H groups in total.